The van der Waals surface area contributed by atoms with Crippen LogP contribution in [-0.2, 0) is 5.41 Å². The Morgan fingerprint density at radius 2 is 2.12 bits per heavy atom. The number of hydrogen-bond donors (Lipinski definition) is 1. The van der Waals surface area contributed by atoms with Gasteiger partial charge < -0.3 is 5.11 Å². The summed E-state index contributed by atoms with van der Waals surface area (Å²) in [5, 5.41) is 13.2. The average Bonchev–Trinajstić information content (AvgIpc) is 2.64. The van der Waals surface area contributed by atoms with E-state index < -0.39 is 0 Å². The Kier molecular flexibility index (Phi) is 3.86. The molecular weight excluding hydrogens is 252 g/mol. The Bertz CT molecular complexity index is 385. The lowest BCUT2D eigenvalue weighted by atomic mass is 9.67. The van der Waals surface area contributed by atoms with Crippen molar-refractivity contribution in [2.24, 2.45) is 11.8 Å². The number of rotatable bonds is 2. The minimum absolute atomic E-state index is 0.0230. The zero-order chi connectivity index (χ0) is 12.6. The Morgan fingerprint density at radius 1 is 1.41 bits per heavy atom. The lowest BCUT2D eigenvalue weighted by molar-refractivity contribution is 0.0153. The molecule has 1 aromatic rings. The van der Waals surface area contributed by atoms with Gasteiger partial charge in [-0.3, -0.25) is 0 Å². The number of aliphatic hydroxyl groups excluding tert-OH is 1. The molecule has 2 rings (SSSR count). The summed E-state index contributed by atoms with van der Waals surface area (Å²) in [5.74, 6) is 0.978. The van der Waals surface area contributed by atoms with Gasteiger partial charge in [0.25, 0.3) is 0 Å². The highest BCUT2D eigenvalue weighted by atomic mass is 35.5. The molecule has 1 aromatic heterocycles. The van der Waals surface area contributed by atoms with Crippen molar-refractivity contribution in [1.29, 1.82) is 0 Å². The Morgan fingerprint density at radius 3 is 2.65 bits per heavy atom. The summed E-state index contributed by atoms with van der Waals surface area (Å²) in [6.07, 6.45) is 3.06. The predicted octanol–water partition coefficient (Wildman–Crippen LogP) is 4.48. The van der Waals surface area contributed by atoms with Crippen LogP contribution in [0.2, 0.25) is 5.02 Å². The maximum absolute atomic E-state index is 10.3. The summed E-state index contributed by atoms with van der Waals surface area (Å²) < 4.78 is 0. The van der Waals surface area contributed by atoms with E-state index in [1.807, 2.05) is 11.4 Å². The third-order valence-electron chi connectivity index (χ3n) is 4.21. The number of hydrogen-bond acceptors (Lipinski definition) is 2. The smallest absolute Gasteiger partial charge is 0.0579 e. The first-order valence-corrected chi connectivity index (χ1v) is 7.60. The summed E-state index contributed by atoms with van der Waals surface area (Å²) in [4.78, 5) is 1.22. The van der Waals surface area contributed by atoms with Crippen LogP contribution in [0.15, 0.2) is 11.4 Å². The molecule has 96 valence electrons. The standard InChI is InChI=1S/C14H21ClOS/c1-9-4-5-10(12(16)8-9)14(2,3)13-11(15)6-7-17-13/h6-7,9-10,12,16H,4-5,8H2,1-3H3. The molecule has 1 N–H and O–H groups in total. The van der Waals surface area contributed by atoms with Crippen molar-refractivity contribution in [3.63, 3.8) is 0 Å². The SMILES string of the molecule is CC1CCC(C(C)(C)c2sccc2Cl)C(O)C1. The van der Waals surface area contributed by atoms with Crippen LogP contribution in [0.1, 0.15) is 44.9 Å². The minimum atomic E-state index is -0.188. The topological polar surface area (TPSA) is 20.2 Å². The number of aliphatic hydroxyl groups is 1. The fraction of sp³-hybridized carbons (Fsp3) is 0.714. The Labute approximate surface area is 113 Å². The van der Waals surface area contributed by atoms with Crippen LogP contribution in [0.5, 0.6) is 0 Å². The van der Waals surface area contributed by atoms with Gasteiger partial charge in [-0.2, -0.15) is 0 Å². The van der Waals surface area contributed by atoms with Gasteiger partial charge in [-0.1, -0.05) is 38.8 Å². The first-order valence-electron chi connectivity index (χ1n) is 6.34. The monoisotopic (exact) mass is 272 g/mol. The van der Waals surface area contributed by atoms with Crippen molar-refractivity contribution in [2.75, 3.05) is 0 Å². The summed E-state index contributed by atoms with van der Waals surface area (Å²) in [6.45, 7) is 6.66. The third kappa shape index (κ3) is 2.54. The Hall–Kier alpha value is -0.0500. The second kappa shape index (κ2) is 4.91. The van der Waals surface area contributed by atoms with Crippen LogP contribution in [0.4, 0.5) is 0 Å². The molecule has 3 atom stereocenters. The van der Waals surface area contributed by atoms with E-state index in [1.165, 1.54) is 11.3 Å². The molecule has 1 fully saturated rings. The summed E-state index contributed by atoms with van der Waals surface area (Å²) in [6, 6.07) is 1.96. The van der Waals surface area contributed by atoms with Gasteiger partial charge in [0.1, 0.15) is 0 Å². The van der Waals surface area contributed by atoms with E-state index in [4.69, 9.17) is 11.6 Å². The zero-order valence-corrected chi connectivity index (χ0v) is 12.3. The van der Waals surface area contributed by atoms with E-state index in [2.05, 4.69) is 20.8 Å². The maximum atomic E-state index is 10.3. The molecule has 0 aliphatic heterocycles. The van der Waals surface area contributed by atoms with Crippen LogP contribution in [-0.4, -0.2) is 11.2 Å². The zero-order valence-electron chi connectivity index (χ0n) is 10.7. The summed E-state index contributed by atoms with van der Waals surface area (Å²) >= 11 is 7.96. The van der Waals surface area contributed by atoms with E-state index in [9.17, 15) is 5.11 Å². The van der Waals surface area contributed by atoms with Gasteiger partial charge in [0.15, 0.2) is 0 Å². The van der Waals surface area contributed by atoms with Crippen molar-refractivity contribution in [3.05, 3.63) is 21.3 Å². The normalized spacial score (nSPS) is 30.5. The van der Waals surface area contributed by atoms with Crippen LogP contribution in [0.3, 0.4) is 0 Å². The summed E-state index contributed by atoms with van der Waals surface area (Å²) in [5.41, 5.74) is -0.0230. The van der Waals surface area contributed by atoms with E-state index in [1.54, 1.807) is 11.3 Å². The van der Waals surface area contributed by atoms with Crippen LogP contribution < -0.4 is 0 Å². The van der Waals surface area contributed by atoms with Crippen LogP contribution in [0.25, 0.3) is 0 Å². The maximum Gasteiger partial charge on any atom is 0.0579 e. The number of halogens is 1. The van der Waals surface area contributed by atoms with Crippen molar-refractivity contribution < 1.29 is 5.11 Å². The second-order valence-electron chi connectivity index (χ2n) is 5.91. The van der Waals surface area contributed by atoms with Crippen molar-refractivity contribution >= 4 is 22.9 Å². The lowest BCUT2D eigenvalue weighted by Crippen LogP contribution is -2.40. The van der Waals surface area contributed by atoms with Gasteiger partial charge in [-0.05, 0) is 36.1 Å². The molecule has 0 bridgehead atoms. The van der Waals surface area contributed by atoms with Crippen LogP contribution >= 0.6 is 22.9 Å². The van der Waals surface area contributed by atoms with E-state index >= 15 is 0 Å². The fourth-order valence-corrected chi connectivity index (χ4v) is 4.61. The van der Waals surface area contributed by atoms with Gasteiger partial charge in [0.05, 0.1) is 11.1 Å². The highest BCUT2D eigenvalue weighted by molar-refractivity contribution is 7.10. The molecule has 0 spiro atoms. The van der Waals surface area contributed by atoms with Crippen molar-refractivity contribution in [1.82, 2.24) is 0 Å². The van der Waals surface area contributed by atoms with E-state index in [0.717, 1.165) is 17.9 Å². The molecule has 3 unspecified atom stereocenters. The molecule has 1 aliphatic carbocycles. The minimum Gasteiger partial charge on any atom is -0.393 e. The second-order valence-corrected chi connectivity index (χ2v) is 7.23. The highest BCUT2D eigenvalue weighted by Gasteiger charge is 2.40. The molecule has 0 amide bonds. The van der Waals surface area contributed by atoms with Gasteiger partial charge in [-0.25, -0.2) is 0 Å². The van der Waals surface area contributed by atoms with Crippen molar-refractivity contribution in [2.45, 2.75) is 51.6 Å². The van der Waals surface area contributed by atoms with Crippen LogP contribution in [0, 0.1) is 11.8 Å². The third-order valence-corrected chi connectivity index (χ3v) is 5.89. The largest absolute Gasteiger partial charge is 0.393 e. The molecule has 1 heterocycles. The Balaban J connectivity index is 2.24. The molecule has 1 saturated carbocycles. The van der Waals surface area contributed by atoms with Crippen molar-refractivity contribution in [3.8, 4) is 0 Å². The predicted molar refractivity (Wildman–Crippen MR) is 74.9 cm³/mol. The molecule has 17 heavy (non-hydrogen) atoms. The van der Waals surface area contributed by atoms with Gasteiger partial charge in [-0.15, -0.1) is 11.3 Å². The lowest BCUT2D eigenvalue weighted by Gasteiger charge is -2.41. The average molecular weight is 273 g/mol. The molecule has 1 nitrogen and oxygen atoms in total. The summed E-state index contributed by atoms with van der Waals surface area (Å²) in [7, 11) is 0. The van der Waals surface area contributed by atoms with Gasteiger partial charge in [0.2, 0.25) is 0 Å². The molecule has 0 saturated heterocycles. The van der Waals surface area contributed by atoms with E-state index in [-0.39, 0.29) is 11.5 Å². The fourth-order valence-electron chi connectivity index (χ4n) is 3.11. The van der Waals surface area contributed by atoms with Gasteiger partial charge >= 0.3 is 0 Å². The van der Waals surface area contributed by atoms with Gasteiger partial charge in [0, 0.05) is 10.3 Å². The molecule has 1 aliphatic rings. The molecule has 0 radical (unpaired) electrons. The first-order chi connectivity index (χ1) is 7.93. The molecule has 0 aromatic carbocycles. The first kappa shape index (κ1) is 13.4. The highest BCUT2D eigenvalue weighted by Crippen LogP contribution is 2.46. The molecular formula is C14H21ClOS. The number of thiophene rings is 1. The quantitative estimate of drug-likeness (QED) is 0.842. The van der Waals surface area contributed by atoms with E-state index in [0.29, 0.717) is 11.8 Å². The molecule has 3 heteroatoms.